The Morgan fingerprint density at radius 3 is 2.42 bits per heavy atom. The largest absolute Gasteiger partial charge is 0.493 e. The van der Waals surface area contributed by atoms with E-state index in [0.717, 1.165) is 10.5 Å². The van der Waals surface area contributed by atoms with Gasteiger partial charge in [-0.15, -0.1) is 0 Å². The minimum atomic E-state index is -0.583. The summed E-state index contributed by atoms with van der Waals surface area (Å²) in [4.78, 5) is 37.8. The van der Waals surface area contributed by atoms with Gasteiger partial charge in [-0.1, -0.05) is 59.6 Å². The number of carbonyl (C=O) groups excluding carboxylic acids is 2. The molecule has 3 aromatic carbocycles. The highest BCUT2D eigenvalue weighted by molar-refractivity contribution is 8.18. The third-order valence-corrected chi connectivity index (χ3v) is 6.88. The lowest BCUT2D eigenvalue weighted by Gasteiger charge is -2.13. The number of nitro benzene ring substituents is 1. The fourth-order valence-corrected chi connectivity index (χ4v) is 4.59. The van der Waals surface area contributed by atoms with Crippen LogP contribution in [0.15, 0.2) is 65.6 Å². The molecule has 1 aliphatic heterocycles. The van der Waals surface area contributed by atoms with Crippen molar-refractivity contribution in [1.82, 2.24) is 4.90 Å². The number of thioether (sulfide) groups is 1. The van der Waals surface area contributed by atoms with Crippen molar-refractivity contribution in [2.24, 2.45) is 0 Å². The van der Waals surface area contributed by atoms with E-state index in [1.807, 2.05) is 30.3 Å². The van der Waals surface area contributed by atoms with Crippen LogP contribution in [-0.4, -0.2) is 28.1 Å². The molecule has 0 unspecified atom stereocenters. The molecule has 0 atom stereocenters. The predicted molar refractivity (Wildman–Crippen MR) is 138 cm³/mol. The molecule has 4 rings (SSSR count). The lowest BCUT2D eigenvalue weighted by molar-refractivity contribution is -0.385. The normalized spacial score (nSPS) is 14.4. The Bertz CT molecular complexity index is 1380. The van der Waals surface area contributed by atoms with Gasteiger partial charge in [-0.2, -0.15) is 0 Å². The highest BCUT2D eigenvalue weighted by Crippen LogP contribution is 2.39. The van der Waals surface area contributed by atoms with Crippen molar-refractivity contribution in [1.29, 1.82) is 0 Å². The zero-order chi connectivity index (χ0) is 25.8. The van der Waals surface area contributed by atoms with Crippen LogP contribution in [-0.2, 0) is 17.9 Å². The molecule has 0 aromatic heterocycles. The van der Waals surface area contributed by atoms with Crippen LogP contribution in [0, 0.1) is 10.1 Å². The molecule has 1 aliphatic rings. The van der Waals surface area contributed by atoms with E-state index in [9.17, 15) is 19.7 Å². The van der Waals surface area contributed by atoms with Crippen LogP contribution in [0.3, 0.4) is 0 Å². The number of ether oxygens (including phenoxy) is 2. The molecule has 0 aliphatic carbocycles. The van der Waals surface area contributed by atoms with Gasteiger partial charge in [0.25, 0.3) is 16.8 Å². The molecule has 11 heteroatoms. The van der Waals surface area contributed by atoms with Crippen molar-refractivity contribution in [2.45, 2.75) is 13.2 Å². The molecule has 2 amide bonds. The fourth-order valence-electron chi connectivity index (χ4n) is 3.44. The minimum absolute atomic E-state index is 0.0173. The molecule has 3 aromatic rings. The number of hydrogen-bond donors (Lipinski definition) is 0. The molecule has 0 spiro atoms. The van der Waals surface area contributed by atoms with Gasteiger partial charge in [0.2, 0.25) is 0 Å². The number of nitrogens with zero attached hydrogens (tertiary/aromatic N) is 2. The minimum Gasteiger partial charge on any atom is -0.493 e. The topological polar surface area (TPSA) is 99.0 Å². The number of methoxy groups -OCH3 is 1. The number of nitro groups is 1. The van der Waals surface area contributed by atoms with E-state index in [0.29, 0.717) is 27.4 Å². The molecular weight excluding hydrogens is 527 g/mol. The molecule has 8 nitrogen and oxygen atoms in total. The van der Waals surface area contributed by atoms with Gasteiger partial charge < -0.3 is 9.47 Å². The molecule has 36 heavy (non-hydrogen) atoms. The second-order valence-corrected chi connectivity index (χ2v) is 9.42. The Hall–Kier alpha value is -3.53. The first kappa shape index (κ1) is 25.6. The average Bonchev–Trinajstić information content (AvgIpc) is 3.12. The summed E-state index contributed by atoms with van der Waals surface area (Å²) in [7, 11) is 1.41. The maximum atomic E-state index is 13.0. The van der Waals surface area contributed by atoms with Crippen molar-refractivity contribution in [3.8, 4) is 11.5 Å². The van der Waals surface area contributed by atoms with Crippen LogP contribution in [0.1, 0.15) is 16.7 Å². The Morgan fingerprint density at radius 1 is 1.00 bits per heavy atom. The maximum absolute atomic E-state index is 13.0. The first-order valence-corrected chi connectivity index (χ1v) is 12.1. The third-order valence-electron chi connectivity index (χ3n) is 5.23. The number of amides is 2. The van der Waals surface area contributed by atoms with E-state index < -0.39 is 16.1 Å². The summed E-state index contributed by atoms with van der Waals surface area (Å²) in [6.45, 7) is 0.165. The Labute approximate surface area is 220 Å². The predicted octanol–water partition coefficient (Wildman–Crippen LogP) is 6.73. The van der Waals surface area contributed by atoms with Gasteiger partial charge in [0.1, 0.15) is 6.61 Å². The van der Waals surface area contributed by atoms with E-state index in [2.05, 4.69) is 0 Å². The van der Waals surface area contributed by atoms with Gasteiger partial charge in [0, 0.05) is 0 Å². The number of carbonyl (C=O) groups is 2. The van der Waals surface area contributed by atoms with Crippen molar-refractivity contribution < 1.29 is 24.0 Å². The van der Waals surface area contributed by atoms with Crippen LogP contribution in [0.5, 0.6) is 11.5 Å². The van der Waals surface area contributed by atoms with E-state index in [1.54, 1.807) is 18.2 Å². The first-order valence-electron chi connectivity index (χ1n) is 10.5. The molecule has 1 fully saturated rings. The zero-order valence-electron chi connectivity index (χ0n) is 18.8. The summed E-state index contributed by atoms with van der Waals surface area (Å²) in [6.07, 6.45) is 1.31. The van der Waals surface area contributed by atoms with Crippen LogP contribution in [0.4, 0.5) is 10.5 Å². The summed E-state index contributed by atoms with van der Waals surface area (Å²) < 4.78 is 11.1. The van der Waals surface area contributed by atoms with Gasteiger partial charge in [0.05, 0.1) is 45.2 Å². The molecule has 184 valence electrons. The lowest BCUT2D eigenvalue weighted by Crippen LogP contribution is -2.27. The summed E-state index contributed by atoms with van der Waals surface area (Å²) in [5.74, 6) is -0.149. The summed E-state index contributed by atoms with van der Waals surface area (Å²) >= 11 is 12.7. The highest BCUT2D eigenvalue weighted by atomic mass is 35.5. The molecule has 0 N–H and O–H groups in total. The standard InChI is InChI=1S/C25H18Cl2N2O6S/c1-34-21-10-17(20(29(32)33)12-22(21)35-14-15-5-3-2-4-6-15)11-23-24(30)28(25(31)36-23)13-16-7-8-18(26)19(27)9-16/h2-12H,13-14H2,1H3/b23-11-. The Morgan fingerprint density at radius 2 is 1.75 bits per heavy atom. The van der Waals surface area contributed by atoms with Gasteiger partial charge in [-0.25, -0.2) is 0 Å². The van der Waals surface area contributed by atoms with Gasteiger partial charge in [0.15, 0.2) is 11.5 Å². The summed E-state index contributed by atoms with van der Waals surface area (Å²) in [6, 6.07) is 16.8. The van der Waals surface area contributed by atoms with Gasteiger partial charge in [-0.05, 0) is 47.2 Å². The summed E-state index contributed by atoms with van der Waals surface area (Å²) in [5.41, 5.74) is 1.29. The lowest BCUT2D eigenvalue weighted by atomic mass is 10.1. The number of benzene rings is 3. The van der Waals surface area contributed by atoms with E-state index in [1.165, 1.54) is 25.3 Å². The SMILES string of the molecule is COc1cc(/C=C2\SC(=O)N(Cc3ccc(Cl)c(Cl)c3)C2=O)c([N+](=O)[O-])cc1OCc1ccccc1. The fraction of sp³-hybridized carbons (Fsp3) is 0.120. The van der Waals surface area contributed by atoms with E-state index in [-0.39, 0.29) is 40.8 Å². The molecule has 1 heterocycles. The van der Waals surface area contributed by atoms with Crippen molar-refractivity contribution in [2.75, 3.05) is 7.11 Å². The quantitative estimate of drug-likeness (QED) is 0.176. The number of rotatable bonds is 8. The smallest absolute Gasteiger partial charge is 0.293 e. The second-order valence-electron chi connectivity index (χ2n) is 7.61. The van der Waals surface area contributed by atoms with Crippen molar-refractivity contribution >= 4 is 57.9 Å². The molecule has 0 saturated carbocycles. The Kier molecular flexibility index (Phi) is 7.83. The van der Waals surface area contributed by atoms with E-state index >= 15 is 0 Å². The number of halogens is 2. The highest BCUT2D eigenvalue weighted by Gasteiger charge is 2.36. The van der Waals surface area contributed by atoms with Crippen LogP contribution in [0.25, 0.3) is 6.08 Å². The molecule has 0 bridgehead atoms. The molecule has 0 radical (unpaired) electrons. The third kappa shape index (κ3) is 5.64. The van der Waals surface area contributed by atoms with Gasteiger partial charge >= 0.3 is 0 Å². The van der Waals surface area contributed by atoms with Crippen LogP contribution < -0.4 is 9.47 Å². The van der Waals surface area contributed by atoms with Gasteiger partial charge in [-0.3, -0.25) is 24.6 Å². The monoisotopic (exact) mass is 544 g/mol. The number of hydrogen-bond acceptors (Lipinski definition) is 7. The zero-order valence-corrected chi connectivity index (χ0v) is 21.1. The van der Waals surface area contributed by atoms with E-state index in [4.69, 9.17) is 32.7 Å². The Balaban J connectivity index is 1.61. The molecule has 1 saturated heterocycles. The van der Waals surface area contributed by atoms with Crippen LogP contribution in [0.2, 0.25) is 10.0 Å². The molecular formula is C25H18Cl2N2O6S. The van der Waals surface area contributed by atoms with Crippen molar-refractivity contribution in [3.05, 3.63) is 102 Å². The second kappa shape index (κ2) is 11.0. The maximum Gasteiger partial charge on any atom is 0.293 e. The number of imide groups is 1. The van der Waals surface area contributed by atoms with Crippen LogP contribution >= 0.6 is 35.0 Å². The summed E-state index contributed by atoms with van der Waals surface area (Å²) in [5, 5.41) is 12.0. The van der Waals surface area contributed by atoms with Crippen molar-refractivity contribution in [3.63, 3.8) is 0 Å². The average molecular weight is 545 g/mol. The first-order chi connectivity index (χ1) is 17.3.